The van der Waals surface area contributed by atoms with Crippen LogP contribution in [0.15, 0.2) is 42.7 Å². The average Bonchev–Trinajstić information content (AvgIpc) is 2.80. The van der Waals surface area contributed by atoms with Crippen LogP contribution in [0.4, 0.5) is 0 Å². The van der Waals surface area contributed by atoms with E-state index in [2.05, 4.69) is 5.10 Å². The van der Waals surface area contributed by atoms with Gasteiger partial charge in [0.1, 0.15) is 5.92 Å². The Morgan fingerprint density at radius 2 is 2.12 bits per heavy atom. The topological polar surface area (TPSA) is 55.1 Å². The maximum absolute atomic E-state index is 11.3. The molecule has 1 aromatic carbocycles. The van der Waals surface area contributed by atoms with Crippen molar-refractivity contribution in [3.8, 4) is 0 Å². The Bertz CT molecular complexity index is 489. The fraction of sp³-hybridized carbons (Fsp3) is 0.231. The Balaban J connectivity index is 2.23. The molecule has 2 rings (SSSR count). The third-order valence-electron chi connectivity index (χ3n) is 2.71. The smallest absolute Gasteiger partial charge is 0.312 e. The zero-order valence-electron chi connectivity index (χ0n) is 9.58. The van der Waals surface area contributed by atoms with E-state index in [0.717, 1.165) is 11.1 Å². The molecule has 1 aromatic heterocycles. The van der Waals surface area contributed by atoms with Crippen LogP contribution in [0.2, 0.25) is 0 Å². The molecule has 0 aliphatic rings. The van der Waals surface area contributed by atoms with Crippen LogP contribution >= 0.6 is 0 Å². The van der Waals surface area contributed by atoms with Gasteiger partial charge in [0.25, 0.3) is 0 Å². The summed E-state index contributed by atoms with van der Waals surface area (Å²) in [7, 11) is 0. The van der Waals surface area contributed by atoms with Crippen LogP contribution in [0, 0.1) is 6.92 Å². The lowest BCUT2D eigenvalue weighted by Gasteiger charge is -2.13. The van der Waals surface area contributed by atoms with Gasteiger partial charge in [-0.2, -0.15) is 5.10 Å². The first kappa shape index (κ1) is 11.4. The summed E-state index contributed by atoms with van der Waals surface area (Å²) in [6.45, 7) is 2.33. The van der Waals surface area contributed by atoms with E-state index >= 15 is 0 Å². The van der Waals surface area contributed by atoms with Gasteiger partial charge in [-0.15, -0.1) is 0 Å². The average molecular weight is 230 g/mol. The number of aliphatic carboxylic acids is 1. The Kier molecular flexibility index (Phi) is 3.23. The lowest BCUT2D eigenvalue weighted by atomic mass is 9.98. The van der Waals surface area contributed by atoms with Crippen LogP contribution in [-0.2, 0) is 11.3 Å². The molecule has 1 heterocycles. The fourth-order valence-electron chi connectivity index (χ4n) is 1.72. The van der Waals surface area contributed by atoms with Crippen LogP contribution in [-0.4, -0.2) is 20.9 Å². The molecule has 0 fully saturated rings. The van der Waals surface area contributed by atoms with Crippen molar-refractivity contribution in [2.24, 2.45) is 0 Å². The van der Waals surface area contributed by atoms with Gasteiger partial charge in [0, 0.05) is 12.4 Å². The molecular formula is C13H14N2O2. The molecule has 4 nitrogen and oxygen atoms in total. The van der Waals surface area contributed by atoms with Crippen LogP contribution < -0.4 is 0 Å². The first-order chi connectivity index (χ1) is 8.16. The highest BCUT2D eigenvalue weighted by Crippen LogP contribution is 2.18. The SMILES string of the molecule is Cc1ccc(C(Cn2cccn2)C(=O)O)cc1. The predicted molar refractivity (Wildman–Crippen MR) is 63.8 cm³/mol. The van der Waals surface area contributed by atoms with Crippen molar-refractivity contribution in [3.63, 3.8) is 0 Å². The van der Waals surface area contributed by atoms with Gasteiger partial charge in [-0.05, 0) is 18.6 Å². The zero-order chi connectivity index (χ0) is 12.3. The van der Waals surface area contributed by atoms with E-state index in [1.54, 1.807) is 23.1 Å². The number of carboxylic acid groups (broad SMARTS) is 1. The standard InChI is InChI=1S/C13H14N2O2/c1-10-3-5-11(6-4-10)12(13(16)17)9-15-8-2-7-14-15/h2-8,12H,9H2,1H3,(H,16,17). The van der Waals surface area contributed by atoms with Crippen LogP contribution in [0.5, 0.6) is 0 Å². The Morgan fingerprint density at radius 1 is 1.41 bits per heavy atom. The maximum atomic E-state index is 11.3. The van der Waals surface area contributed by atoms with E-state index < -0.39 is 11.9 Å². The largest absolute Gasteiger partial charge is 0.481 e. The van der Waals surface area contributed by atoms with E-state index in [4.69, 9.17) is 0 Å². The zero-order valence-corrected chi connectivity index (χ0v) is 9.58. The van der Waals surface area contributed by atoms with Gasteiger partial charge in [-0.3, -0.25) is 9.48 Å². The van der Waals surface area contributed by atoms with E-state index in [0.29, 0.717) is 6.54 Å². The Labute approximate surface area is 99.5 Å². The molecule has 0 radical (unpaired) electrons. The molecule has 1 unspecified atom stereocenters. The van der Waals surface area contributed by atoms with E-state index in [1.165, 1.54) is 0 Å². The fourth-order valence-corrected chi connectivity index (χ4v) is 1.72. The highest BCUT2D eigenvalue weighted by Gasteiger charge is 2.20. The van der Waals surface area contributed by atoms with Crippen molar-refractivity contribution in [3.05, 3.63) is 53.9 Å². The molecule has 17 heavy (non-hydrogen) atoms. The van der Waals surface area contributed by atoms with Gasteiger partial charge < -0.3 is 5.11 Å². The summed E-state index contributed by atoms with van der Waals surface area (Å²) in [5.74, 6) is -1.39. The van der Waals surface area contributed by atoms with Gasteiger partial charge in [0.05, 0.1) is 6.54 Å². The Morgan fingerprint density at radius 3 is 2.65 bits per heavy atom. The summed E-state index contributed by atoms with van der Waals surface area (Å²) < 4.78 is 1.64. The highest BCUT2D eigenvalue weighted by atomic mass is 16.4. The molecule has 0 aliphatic carbocycles. The molecule has 0 amide bonds. The van der Waals surface area contributed by atoms with Crippen LogP contribution in [0.25, 0.3) is 0 Å². The van der Waals surface area contributed by atoms with Crippen molar-refractivity contribution in [2.45, 2.75) is 19.4 Å². The van der Waals surface area contributed by atoms with Crippen molar-refractivity contribution in [1.82, 2.24) is 9.78 Å². The molecule has 0 spiro atoms. The number of nitrogens with zero attached hydrogens (tertiary/aromatic N) is 2. The van der Waals surface area contributed by atoms with Crippen molar-refractivity contribution in [2.75, 3.05) is 0 Å². The second-order valence-corrected chi connectivity index (χ2v) is 4.03. The molecule has 0 aliphatic heterocycles. The summed E-state index contributed by atoms with van der Waals surface area (Å²) in [4.78, 5) is 11.3. The number of hydrogen-bond acceptors (Lipinski definition) is 2. The molecule has 1 N–H and O–H groups in total. The molecule has 88 valence electrons. The summed E-state index contributed by atoms with van der Waals surface area (Å²) in [5, 5.41) is 13.3. The quantitative estimate of drug-likeness (QED) is 0.874. The first-order valence-electron chi connectivity index (χ1n) is 5.43. The number of hydrogen-bond donors (Lipinski definition) is 1. The Hall–Kier alpha value is -2.10. The molecule has 2 aromatic rings. The molecule has 4 heteroatoms. The van der Waals surface area contributed by atoms with Gasteiger partial charge >= 0.3 is 5.97 Å². The summed E-state index contributed by atoms with van der Waals surface area (Å²) >= 11 is 0. The number of rotatable bonds is 4. The normalized spacial score (nSPS) is 12.3. The van der Waals surface area contributed by atoms with Gasteiger partial charge in [-0.25, -0.2) is 0 Å². The second-order valence-electron chi connectivity index (χ2n) is 4.03. The minimum atomic E-state index is -0.829. The highest BCUT2D eigenvalue weighted by molar-refractivity contribution is 5.75. The van der Waals surface area contributed by atoms with Gasteiger partial charge in [0.2, 0.25) is 0 Å². The minimum Gasteiger partial charge on any atom is -0.481 e. The number of aromatic nitrogens is 2. The molecule has 0 saturated heterocycles. The number of aryl methyl sites for hydroxylation is 1. The maximum Gasteiger partial charge on any atom is 0.312 e. The number of benzene rings is 1. The van der Waals surface area contributed by atoms with Gasteiger partial charge in [0.15, 0.2) is 0 Å². The van der Waals surface area contributed by atoms with E-state index in [9.17, 15) is 9.90 Å². The third-order valence-corrected chi connectivity index (χ3v) is 2.71. The van der Waals surface area contributed by atoms with E-state index in [1.807, 2.05) is 31.2 Å². The molecule has 0 saturated carbocycles. The lowest BCUT2D eigenvalue weighted by molar-refractivity contribution is -0.139. The predicted octanol–water partition coefficient (Wildman–Crippen LogP) is 2.06. The molecule has 1 atom stereocenters. The van der Waals surface area contributed by atoms with E-state index in [-0.39, 0.29) is 0 Å². The number of carbonyl (C=O) groups is 1. The summed E-state index contributed by atoms with van der Waals surface area (Å²) in [6, 6.07) is 9.35. The minimum absolute atomic E-state index is 0.353. The first-order valence-corrected chi connectivity index (χ1v) is 5.43. The lowest BCUT2D eigenvalue weighted by Crippen LogP contribution is -2.18. The molecular weight excluding hydrogens is 216 g/mol. The third kappa shape index (κ3) is 2.72. The van der Waals surface area contributed by atoms with Crippen molar-refractivity contribution >= 4 is 5.97 Å². The van der Waals surface area contributed by atoms with Crippen LogP contribution in [0.1, 0.15) is 17.0 Å². The van der Waals surface area contributed by atoms with Crippen molar-refractivity contribution in [1.29, 1.82) is 0 Å². The van der Waals surface area contributed by atoms with Crippen molar-refractivity contribution < 1.29 is 9.90 Å². The monoisotopic (exact) mass is 230 g/mol. The summed E-state index contributed by atoms with van der Waals surface area (Å²) in [5.41, 5.74) is 1.93. The summed E-state index contributed by atoms with van der Waals surface area (Å²) in [6.07, 6.45) is 3.41. The van der Waals surface area contributed by atoms with Crippen LogP contribution in [0.3, 0.4) is 0 Å². The second kappa shape index (κ2) is 4.82. The van der Waals surface area contributed by atoms with Gasteiger partial charge in [-0.1, -0.05) is 29.8 Å². The number of carboxylic acids is 1. The molecule has 0 bridgehead atoms.